The number of carbonyl (C=O) groups is 2. The van der Waals surface area contributed by atoms with E-state index < -0.39 is 17.1 Å². The lowest BCUT2D eigenvalue weighted by molar-refractivity contribution is -0.132. The van der Waals surface area contributed by atoms with Crippen LogP contribution in [0.3, 0.4) is 0 Å². The summed E-state index contributed by atoms with van der Waals surface area (Å²) in [6.45, 7) is 8.05. The Balaban J connectivity index is 3.10. The molecule has 6 nitrogen and oxygen atoms in total. The van der Waals surface area contributed by atoms with Gasteiger partial charge in [0.15, 0.2) is 5.78 Å². The zero-order valence-corrected chi connectivity index (χ0v) is 14.7. The highest BCUT2D eigenvalue weighted by molar-refractivity contribution is 6.02. The maximum atomic E-state index is 12.8. The molecular weight excluding hydrogens is 284 g/mol. The highest BCUT2D eigenvalue weighted by Gasteiger charge is 2.44. The molecule has 0 aliphatic carbocycles. The highest BCUT2D eigenvalue weighted by Crippen LogP contribution is 2.34. The molecule has 0 aromatic carbocycles. The molecule has 0 aromatic rings. The summed E-state index contributed by atoms with van der Waals surface area (Å²) in [5.41, 5.74) is -0.865. The lowest BCUT2D eigenvalue weighted by atomic mass is 9.78. The number of carbonyl (C=O) groups excluding carboxylic acids is 2. The van der Waals surface area contributed by atoms with Crippen molar-refractivity contribution in [2.75, 3.05) is 34.4 Å². The smallest absolute Gasteiger partial charge is 0.414 e. The summed E-state index contributed by atoms with van der Waals surface area (Å²) in [5, 5.41) is 0. The average Bonchev–Trinajstić information content (AvgIpc) is 2.33. The van der Waals surface area contributed by atoms with E-state index in [0.717, 1.165) is 0 Å². The van der Waals surface area contributed by atoms with E-state index in [-0.39, 0.29) is 5.78 Å². The molecule has 126 valence electrons. The number of amides is 1. The summed E-state index contributed by atoms with van der Waals surface area (Å²) >= 11 is 0. The first kappa shape index (κ1) is 18.5. The van der Waals surface area contributed by atoms with Gasteiger partial charge in [-0.05, 0) is 34.1 Å². The number of piperidine rings is 1. The van der Waals surface area contributed by atoms with Gasteiger partial charge in [-0.1, -0.05) is 0 Å². The van der Waals surface area contributed by atoms with Crippen LogP contribution >= 0.6 is 0 Å². The summed E-state index contributed by atoms with van der Waals surface area (Å²) in [6.07, 6.45) is 1.72. The Kier molecular flexibility index (Phi) is 5.62. The minimum absolute atomic E-state index is 0.0971. The predicted molar refractivity (Wildman–Crippen MR) is 84.3 cm³/mol. The number of allylic oxidation sites excluding steroid dienone is 1. The predicted octanol–water partition coefficient (Wildman–Crippen LogP) is 2.25. The fraction of sp³-hybridized carbons (Fsp3) is 0.750. The van der Waals surface area contributed by atoms with Crippen molar-refractivity contribution in [1.29, 1.82) is 0 Å². The molecule has 0 bridgehead atoms. The van der Waals surface area contributed by atoms with E-state index in [1.54, 1.807) is 39.0 Å². The van der Waals surface area contributed by atoms with E-state index in [4.69, 9.17) is 9.47 Å². The molecule has 0 saturated carbocycles. The zero-order valence-electron chi connectivity index (χ0n) is 14.7. The second kappa shape index (κ2) is 6.69. The number of Topliss-reactive ketones (excluding diaryl/α,β-unsaturated/α-hetero) is 1. The minimum Gasteiger partial charge on any atom is -0.443 e. The van der Waals surface area contributed by atoms with Gasteiger partial charge < -0.3 is 14.4 Å². The van der Waals surface area contributed by atoms with E-state index >= 15 is 0 Å². The molecule has 0 spiro atoms. The molecule has 1 unspecified atom stereocenters. The number of ketones is 1. The molecule has 1 rings (SSSR count). The van der Waals surface area contributed by atoms with Crippen LogP contribution in [0.1, 0.15) is 34.1 Å². The Morgan fingerprint density at radius 3 is 2.45 bits per heavy atom. The molecular formula is C16H28N2O4. The van der Waals surface area contributed by atoms with E-state index in [1.165, 1.54) is 4.90 Å². The molecule has 1 aliphatic heterocycles. The molecule has 1 atom stereocenters. The van der Waals surface area contributed by atoms with Crippen molar-refractivity contribution in [3.05, 3.63) is 11.9 Å². The van der Waals surface area contributed by atoms with E-state index in [0.29, 0.717) is 25.3 Å². The van der Waals surface area contributed by atoms with E-state index in [9.17, 15) is 9.59 Å². The van der Waals surface area contributed by atoms with Crippen molar-refractivity contribution in [2.24, 2.45) is 5.41 Å². The van der Waals surface area contributed by atoms with Crippen molar-refractivity contribution in [3.63, 3.8) is 0 Å². The standard InChI is InChI=1S/C16H28N2O4/c1-15(2,3)22-14(20)18-9-8-16(4,11-21-7)13(19)12(18)10-17(5)6/h10H,8-9,11H2,1-7H3/b12-10-. The maximum absolute atomic E-state index is 12.8. The fourth-order valence-corrected chi connectivity index (χ4v) is 2.36. The third kappa shape index (κ3) is 4.47. The number of ether oxygens (including phenoxy) is 2. The summed E-state index contributed by atoms with van der Waals surface area (Å²) < 4.78 is 10.6. The maximum Gasteiger partial charge on any atom is 0.414 e. The molecule has 0 N–H and O–H groups in total. The summed E-state index contributed by atoms with van der Waals surface area (Å²) in [5.74, 6) is -0.0971. The number of methoxy groups -OCH3 is 1. The fourth-order valence-electron chi connectivity index (χ4n) is 2.36. The minimum atomic E-state index is -0.616. The molecule has 0 aromatic heterocycles. The van der Waals surface area contributed by atoms with Crippen LogP contribution in [-0.4, -0.2) is 61.6 Å². The first-order valence-electron chi connectivity index (χ1n) is 7.43. The molecule has 1 fully saturated rings. The van der Waals surface area contributed by atoms with Gasteiger partial charge in [-0.25, -0.2) is 4.79 Å². The molecule has 6 heteroatoms. The second-order valence-corrected chi connectivity index (χ2v) is 7.18. The van der Waals surface area contributed by atoms with Crippen LogP contribution in [0.5, 0.6) is 0 Å². The van der Waals surface area contributed by atoms with Gasteiger partial charge in [0.25, 0.3) is 0 Å². The van der Waals surface area contributed by atoms with Crippen LogP contribution < -0.4 is 0 Å². The first-order chi connectivity index (χ1) is 10.00. The van der Waals surface area contributed by atoms with Gasteiger partial charge in [-0.3, -0.25) is 9.69 Å². The molecule has 22 heavy (non-hydrogen) atoms. The van der Waals surface area contributed by atoms with Gasteiger partial charge in [0.2, 0.25) is 0 Å². The molecule has 1 heterocycles. The van der Waals surface area contributed by atoms with Gasteiger partial charge in [0.1, 0.15) is 11.3 Å². The van der Waals surface area contributed by atoms with Crippen LogP contribution in [0.4, 0.5) is 4.79 Å². The van der Waals surface area contributed by atoms with Crippen molar-refractivity contribution >= 4 is 11.9 Å². The van der Waals surface area contributed by atoms with Crippen LogP contribution in [0, 0.1) is 5.41 Å². The molecule has 1 saturated heterocycles. The van der Waals surface area contributed by atoms with Crippen LogP contribution in [0.15, 0.2) is 11.9 Å². The number of nitrogens with zero attached hydrogens (tertiary/aromatic N) is 2. The van der Waals surface area contributed by atoms with Gasteiger partial charge in [-0.15, -0.1) is 0 Å². The third-order valence-corrected chi connectivity index (χ3v) is 3.42. The normalized spacial score (nSPS) is 24.6. The quantitative estimate of drug-likeness (QED) is 0.748. The Labute approximate surface area is 133 Å². The topological polar surface area (TPSA) is 59.1 Å². The van der Waals surface area contributed by atoms with Crippen molar-refractivity contribution in [1.82, 2.24) is 9.80 Å². The summed E-state index contributed by atoms with van der Waals surface area (Å²) in [6, 6.07) is 0. The SMILES string of the molecule is COCC1(C)CCN(C(=O)OC(C)(C)C)/C(=C\N(C)C)C1=O. The molecule has 0 radical (unpaired) electrons. The average molecular weight is 312 g/mol. The largest absolute Gasteiger partial charge is 0.443 e. The Hall–Kier alpha value is -1.56. The summed E-state index contributed by atoms with van der Waals surface area (Å²) in [7, 11) is 5.21. The van der Waals surface area contributed by atoms with Gasteiger partial charge >= 0.3 is 6.09 Å². The number of likely N-dealkylation sites (tertiary alicyclic amines) is 1. The van der Waals surface area contributed by atoms with Crippen LogP contribution in [-0.2, 0) is 14.3 Å². The Morgan fingerprint density at radius 2 is 2.00 bits per heavy atom. The highest BCUT2D eigenvalue weighted by atomic mass is 16.6. The Bertz CT molecular complexity index is 465. The second-order valence-electron chi connectivity index (χ2n) is 7.18. The third-order valence-electron chi connectivity index (χ3n) is 3.42. The van der Waals surface area contributed by atoms with Gasteiger partial charge in [-0.2, -0.15) is 0 Å². The monoisotopic (exact) mass is 312 g/mol. The van der Waals surface area contributed by atoms with Crippen LogP contribution in [0.2, 0.25) is 0 Å². The molecule has 1 aliphatic rings. The number of rotatable bonds is 3. The zero-order chi connectivity index (χ0) is 17.1. The molecule has 1 amide bonds. The first-order valence-corrected chi connectivity index (χ1v) is 7.43. The lowest BCUT2D eigenvalue weighted by Crippen LogP contribution is -2.50. The summed E-state index contributed by atoms with van der Waals surface area (Å²) in [4.78, 5) is 28.4. The van der Waals surface area contributed by atoms with Gasteiger partial charge in [0.05, 0.1) is 12.0 Å². The van der Waals surface area contributed by atoms with Crippen LogP contribution in [0.25, 0.3) is 0 Å². The lowest BCUT2D eigenvalue weighted by Gasteiger charge is -2.39. The number of hydrogen-bond acceptors (Lipinski definition) is 5. The van der Waals surface area contributed by atoms with Crippen molar-refractivity contribution in [3.8, 4) is 0 Å². The van der Waals surface area contributed by atoms with Crippen molar-refractivity contribution < 1.29 is 19.1 Å². The number of hydrogen-bond donors (Lipinski definition) is 0. The van der Waals surface area contributed by atoms with Gasteiger partial charge in [0, 0.05) is 33.9 Å². The van der Waals surface area contributed by atoms with E-state index in [2.05, 4.69) is 0 Å². The van der Waals surface area contributed by atoms with E-state index in [1.807, 2.05) is 21.0 Å². The Morgan fingerprint density at radius 1 is 1.41 bits per heavy atom. The van der Waals surface area contributed by atoms with Crippen molar-refractivity contribution in [2.45, 2.75) is 39.7 Å².